The van der Waals surface area contributed by atoms with Crippen molar-refractivity contribution < 1.29 is 9.63 Å². The number of amides is 1. The highest BCUT2D eigenvalue weighted by Gasteiger charge is 2.34. The molecule has 0 unspecified atom stereocenters. The number of carbonyl (C=O) groups excluding carboxylic acids is 1. The molecule has 5 rings (SSSR count). The van der Waals surface area contributed by atoms with Crippen LogP contribution in [0.15, 0.2) is 59.4 Å². The second-order valence-electron chi connectivity index (χ2n) is 7.29. The molecule has 1 saturated heterocycles. The Morgan fingerprint density at radius 2 is 1.62 bits per heavy atom. The molecule has 0 bridgehead atoms. The minimum Gasteiger partial charge on any atom is -0.394 e. The number of anilines is 2. The molecule has 2 aromatic carbocycles. The molecule has 0 spiro atoms. The molecule has 29 heavy (non-hydrogen) atoms. The van der Waals surface area contributed by atoms with Gasteiger partial charge in [0.2, 0.25) is 0 Å². The Bertz CT molecular complexity index is 1010. The van der Waals surface area contributed by atoms with Gasteiger partial charge in [-0.15, -0.1) is 0 Å². The summed E-state index contributed by atoms with van der Waals surface area (Å²) in [5.74, 6) is -0.130. The van der Waals surface area contributed by atoms with Gasteiger partial charge in [-0.1, -0.05) is 41.6 Å². The van der Waals surface area contributed by atoms with E-state index in [9.17, 15) is 4.79 Å². The summed E-state index contributed by atoms with van der Waals surface area (Å²) in [7, 11) is 0. The largest absolute Gasteiger partial charge is 0.394 e. The maximum Gasteiger partial charge on any atom is 0.258 e. The van der Waals surface area contributed by atoms with E-state index in [1.165, 1.54) is 0 Å². The van der Waals surface area contributed by atoms with Crippen LogP contribution in [0.4, 0.5) is 11.4 Å². The normalized spacial score (nSPS) is 22.2. The van der Waals surface area contributed by atoms with Crippen LogP contribution in [0.2, 0.25) is 0 Å². The third kappa shape index (κ3) is 3.39. The average molecular weight is 389 g/mol. The van der Waals surface area contributed by atoms with Crippen LogP contribution < -0.4 is 16.0 Å². The molecule has 0 saturated carbocycles. The van der Waals surface area contributed by atoms with Crippen LogP contribution >= 0.6 is 0 Å². The van der Waals surface area contributed by atoms with Gasteiger partial charge in [-0.2, -0.15) is 0 Å². The first-order valence-electron chi connectivity index (χ1n) is 9.96. The molecule has 0 aromatic heterocycles. The van der Waals surface area contributed by atoms with Crippen molar-refractivity contribution in [2.75, 3.05) is 50.0 Å². The molecule has 0 atom stereocenters. The van der Waals surface area contributed by atoms with Gasteiger partial charge in [0, 0.05) is 55.2 Å². The topological polar surface area (TPSA) is 78.0 Å². The number of piperazine rings is 1. The number of oxime groups is 1. The minimum atomic E-state index is -0.130. The van der Waals surface area contributed by atoms with E-state index in [1.807, 2.05) is 48.5 Å². The number of allylic oxidation sites excluding steroid dienone is 1. The lowest BCUT2D eigenvalue weighted by molar-refractivity contribution is -0.110. The molecule has 7 heteroatoms. The molecule has 148 valence electrons. The van der Waals surface area contributed by atoms with E-state index in [2.05, 4.69) is 26.0 Å². The van der Waals surface area contributed by atoms with Crippen LogP contribution in [0.25, 0.3) is 5.57 Å². The molecule has 3 aliphatic heterocycles. The van der Waals surface area contributed by atoms with Crippen LogP contribution in [-0.2, 0) is 9.63 Å². The number of hydrogen-bond acceptors (Lipinski definition) is 6. The van der Waals surface area contributed by atoms with Gasteiger partial charge in [0.25, 0.3) is 5.91 Å². The Labute approximate surface area is 169 Å². The standard InChI is InChI=1S/C22H23N5O2/c28-22-19(15-5-1-3-7-17(15)25-22)21-20(16-6-2-4-8-18(16)24-21)26-29-14-13-27-11-9-23-10-12-27/h1-8,23-24H,9-14H2,(H,25,28)/b21-19-,26-20+. The molecular formula is C22H23N5O2. The first-order valence-corrected chi connectivity index (χ1v) is 9.96. The van der Waals surface area contributed by atoms with E-state index >= 15 is 0 Å². The molecule has 2 aromatic rings. The lowest BCUT2D eigenvalue weighted by atomic mass is 10.0. The summed E-state index contributed by atoms with van der Waals surface area (Å²) >= 11 is 0. The summed E-state index contributed by atoms with van der Waals surface area (Å²) in [4.78, 5) is 20.8. The summed E-state index contributed by atoms with van der Waals surface area (Å²) in [5, 5.41) is 14.1. The predicted octanol–water partition coefficient (Wildman–Crippen LogP) is 2.10. The van der Waals surface area contributed by atoms with E-state index in [0.29, 0.717) is 23.6 Å². The maximum atomic E-state index is 12.7. The summed E-state index contributed by atoms with van der Waals surface area (Å²) in [5.41, 5.74) is 5.52. The van der Waals surface area contributed by atoms with Crippen LogP contribution in [-0.4, -0.2) is 55.8 Å². The first kappa shape index (κ1) is 17.9. The highest BCUT2D eigenvalue weighted by Crippen LogP contribution is 2.38. The third-order valence-corrected chi connectivity index (χ3v) is 5.46. The smallest absolute Gasteiger partial charge is 0.258 e. The van der Waals surface area contributed by atoms with Crippen molar-refractivity contribution in [2.45, 2.75) is 0 Å². The highest BCUT2D eigenvalue weighted by molar-refractivity contribution is 6.39. The number of fused-ring (bicyclic) bond motifs is 2. The summed E-state index contributed by atoms with van der Waals surface area (Å²) < 4.78 is 0. The number of carbonyl (C=O) groups is 1. The Kier molecular flexibility index (Phi) is 4.75. The SMILES string of the molecule is O=C1Nc2ccccc2/C1=C1/Nc2ccccc2/C1=N\OCCN1CCNCC1. The van der Waals surface area contributed by atoms with E-state index in [0.717, 1.165) is 55.2 Å². The molecule has 0 radical (unpaired) electrons. The lowest BCUT2D eigenvalue weighted by Crippen LogP contribution is -2.44. The highest BCUT2D eigenvalue weighted by atomic mass is 16.6. The molecule has 7 nitrogen and oxygen atoms in total. The van der Waals surface area contributed by atoms with Gasteiger partial charge in [-0.3, -0.25) is 9.69 Å². The van der Waals surface area contributed by atoms with Crippen molar-refractivity contribution >= 4 is 28.6 Å². The average Bonchev–Trinajstić information content (AvgIpc) is 3.28. The van der Waals surface area contributed by atoms with E-state index in [4.69, 9.17) is 4.84 Å². The molecular weight excluding hydrogens is 366 g/mol. The van der Waals surface area contributed by atoms with Crippen LogP contribution in [0.3, 0.4) is 0 Å². The number of rotatable bonds is 4. The van der Waals surface area contributed by atoms with Gasteiger partial charge in [0.15, 0.2) is 0 Å². The Morgan fingerprint density at radius 1 is 0.931 bits per heavy atom. The second kappa shape index (κ2) is 7.69. The molecule has 1 amide bonds. The van der Waals surface area contributed by atoms with Gasteiger partial charge < -0.3 is 20.8 Å². The zero-order valence-electron chi connectivity index (χ0n) is 16.1. The Hall–Kier alpha value is -3.16. The van der Waals surface area contributed by atoms with Crippen LogP contribution in [0.5, 0.6) is 0 Å². The second-order valence-corrected chi connectivity index (χ2v) is 7.29. The zero-order chi connectivity index (χ0) is 19.6. The molecule has 0 aliphatic carbocycles. The van der Waals surface area contributed by atoms with Gasteiger partial charge in [0.05, 0.1) is 11.3 Å². The van der Waals surface area contributed by atoms with Crippen molar-refractivity contribution in [3.63, 3.8) is 0 Å². The minimum absolute atomic E-state index is 0.130. The molecule has 1 fully saturated rings. The fraction of sp³-hybridized carbons (Fsp3) is 0.273. The Balaban J connectivity index is 1.45. The van der Waals surface area contributed by atoms with Crippen molar-refractivity contribution in [3.05, 3.63) is 65.4 Å². The summed E-state index contributed by atoms with van der Waals surface area (Å²) in [6, 6.07) is 15.6. The Morgan fingerprint density at radius 3 is 2.41 bits per heavy atom. The number of hydrogen-bond donors (Lipinski definition) is 3. The summed E-state index contributed by atoms with van der Waals surface area (Å²) in [6.45, 7) is 5.42. The molecule has 3 aliphatic rings. The number of nitrogens with one attached hydrogen (secondary N) is 3. The first-order chi connectivity index (χ1) is 14.3. The quantitative estimate of drug-likeness (QED) is 0.424. The van der Waals surface area contributed by atoms with Gasteiger partial charge in [-0.25, -0.2) is 0 Å². The number of para-hydroxylation sites is 2. The van der Waals surface area contributed by atoms with Crippen LogP contribution in [0.1, 0.15) is 11.1 Å². The fourth-order valence-corrected chi connectivity index (χ4v) is 3.98. The monoisotopic (exact) mass is 389 g/mol. The predicted molar refractivity (Wildman–Crippen MR) is 114 cm³/mol. The molecule has 3 N–H and O–H groups in total. The van der Waals surface area contributed by atoms with Crippen molar-refractivity contribution in [1.82, 2.24) is 10.2 Å². The number of benzene rings is 2. The van der Waals surface area contributed by atoms with Gasteiger partial charge in [-0.05, 0) is 12.1 Å². The lowest BCUT2D eigenvalue weighted by Gasteiger charge is -2.26. The van der Waals surface area contributed by atoms with E-state index < -0.39 is 0 Å². The van der Waals surface area contributed by atoms with Gasteiger partial charge >= 0.3 is 0 Å². The maximum absolute atomic E-state index is 12.7. The fourth-order valence-electron chi connectivity index (χ4n) is 3.98. The van der Waals surface area contributed by atoms with Crippen molar-refractivity contribution in [3.8, 4) is 0 Å². The van der Waals surface area contributed by atoms with Gasteiger partial charge in [0.1, 0.15) is 12.3 Å². The van der Waals surface area contributed by atoms with E-state index in [1.54, 1.807) is 0 Å². The van der Waals surface area contributed by atoms with Crippen LogP contribution in [0, 0.1) is 0 Å². The van der Waals surface area contributed by atoms with E-state index in [-0.39, 0.29) is 5.91 Å². The molecule has 3 heterocycles. The zero-order valence-corrected chi connectivity index (χ0v) is 16.1. The third-order valence-electron chi connectivity index (χ3n) is 5.46. The van der Waals surface area contributed by atoms with Crippen molar-refractivity contribution in [2.24, 2.45) is 5.16 Å². The summed E-state index contributed by atoms with van der Waals surface area (Å²) in [6.07, 6.45) is 0. The van der Waals surface area contributed by atoms with Crippen molar-refractivity contribution in [1.29, 1.82) is 0 Å². The number of nitrogens with zero attached hydrogens (tertiary/aromatic N) is 2.